The number of nitrogens with one attached hydrogen (secondary N) is 2. The van der Waals surface area contributed by atoms with Crippen molar-refractivity contribution in [3.05, 3.63) is 63.8 Å². The van der Waals surface area contributed by atoms with E-state index in [1.165, 1.54) is 12.1 Å². The number of benzene rings is 1. The maximum atomic E-state index is 13.2. The first-order valence-electron chi connectivity index (χ1n) is 6.46. The van der Waals surface area contributed by atoms with Gasteiger partial charge in [0.15, 0.2) is 0 Å². The van der Waals surface area contributed by atoms with Crippen LogP contribution in [0.2, 0.25) is 0 Å². The number of halogens is 1. The maximum Gasteiger partial charge on any atom is 0.248 e. The minimum absolute atomic E-state index is 0.0647. The van der Waals surface area contributed by atoms with Crippen LogP contribution in [0.4, 0.5) is 10.1 Å². The van der Waals surface area contributed by atoms with Gasteiger partial charge in [-0.25, -0.2) is 4.39 Å². The van der Waals surface area contributed by atoms with Crippen molar-refractivity contribution in [3.8, 4) is 0 Å². The summed E-state index contributed by atoms with van der Waals surface area (Å²) in [7, 11) is 0. The highest BCUT2D eigenvalue weighted by molar-refractivity contribution is 5.46. The summed E-state index contributed by atoms with van der Waals surface area (Å²) in [6, 6.07) is 9.99. The third-order valence-corrected chi connectivity index (χ3v) is 3.50. The molecule has 1 aliphatic rings. The second kappa shape index (κ2) is 4.88. The van der Waals surface area contributed by atoms with Gasteiger partial charge in [-0.3, -0.25) is 4.79 Å². The first-order chi connectivity index (χ1) is 9.22. The Bertz CT molecular complexity index is 651. The molecule has 0 bridgehead atoms. The highest BCUT2D eigenvalue weighted by atomic mass is 19.1. The third kappa shape index (κ3) is 2.52. The summed E-state index contributed by atoms with van der Waals surface area (Å²) in [6.07, 6.45) is 2.89. The van der Waals surface area contributed by atoms with E-state index in [9.17, 15) is 9.18 Å². The molecule has 4 heteroatoms. The van der Waals surface area contributed by atoms with Gasteiger partial charge in [0.1, 0.15) is 5.82 Å². The van der Waals surface area contributed by atoms with Crippen LogP contribution in [-0.4, -0.2) is 4.98 Å². The van der Waals surface area contributed by atoms with E-state index in [2.05, 4.69) is 10.3 Å². The summed E-state index contributed by atoms with van der Waals surface area (Å²) in [4.78, 5) is 14.2. The van der Waals surface area contributed by atoms with Crippen LogP contribution < -0.4 is 10.9 Å². The number of fused-ring (bicyclic) bond motifs is 1. The molecule has 0 spiro atoms. The molecule has 19 heavy (non-hydrogen) atoms. The summed E-state index contributed by atoms with van der Waals surface area (Å²) in [6.45, 7) is 0. The van der Waals surface area contributed by atoms with Crippen LogP contribution in [0, 0.1) is 5.82 Å². The third-order valence-electron chi connectivity index (χ3n) is 3.50. The Morgan fingerprint density at radius 2 is 2.16 bits per heavy atom. The van der Waals surface area contributed by atoms with Crippen LogP contribution in [0.1, 0.15) is 30.1 Å². The van der Waals surface area contributed by atoms with Crippen LogP contribution >= 0.6 is 0 Å². The van der Waals surface area contributed by atoms with E-state index < -0.39 is 0 Å². The molecule has 1 aliphatic carbocycles. The molecule has 3 rings (SSSR count). The quantitative estimate of drug-likeness (QED) is 0.869. The summed E-state index contributed by atoms with van der Waals surface area (Å²) in [5.74, 6) is -0.248. The van der Waals surface area contributed by atoms with Crippen LogP contribution in [0.25, 0.3) is 0 Å². The largest absolute Gasteiger partial charge is 0.378 e. The Labute approximate surface area is 110 Å². The summed E-state index contributed by atoms with van der Waals surface area (Å²) in [5, 5.41) is 3.34. The Balaban J connectivity index is 1.90. The predicted octanol–water partition coefficient (Wildman–Crippen LogP) is 3.00. The van der Waals surface area contributed by atoms with Crippen molar-refractivity contribution in [2.45, 2.75) is 25.3 Å². The molecule has 0 saturated carbocycles. The van der Waals surface area contributed by atoms with Gasteiger partial charge in [-0.05, 0) is 49.1 Å². The number of pyridine rings is 1. The van der Waals surface area contributed by atoms with Crippen molar-refractivity contribution >= 4 is 5.69 Å². The first-order valence-corrected chi connectivity index (χ1v) is 6.46. The number of aromatic nitrogens is 1. The molecule has 0 amide bonds. The summed E-state index contributed by atoms with van der Waals surface area (Å²) in [5.41, 5.74) is 2.80. The molecular formula is C15H15FN2O. The molecule has 98 valence electrons. The van der Waals surface area contributed by atoms with E-state index in [1.807, 2.05) is 12.1 Å². The van der Waals surface area contributed by atoms with Gasteiger partial charge < -0.3 is 10.3 Å². The highest BCUT2D eigenvalue weighted by Gasteiger charge is 2.20. The molecule has 0 aliphatic heterocycles. The zero-order valence-corrected chi connectivity index (χ0v) is 10.4. The molecule has 0 radical (unpaired) electrons. The number of hydrogen-bond acceptors (Lipinski definition) is 2. The second-order valence-corrected chi connectivity index (χ2v) is 4.86. The number of H-pyrrole nitrogens is 1. The van der Waals surface area contributed by atoms with E-state index in [4.69, 9.17) is 0 Å². The molecule has 1 atom stereocenters. The number of anilines is 1. The SMILES string of the molecule is O=c1ccc2c([nH]1)CCCC2Nc1cccc(F)c1. The van der Waals surface area contributed by atoms with E-state index >= 15 is 0 Å². The fourth-order valence-corrected chi connectivity index (χ4v) is 2.63. The zero-order chi connectivity index (χ0) is 13.2. The minimum Gasteiger partial charge on any atom is -0.378 e. The molecule has 1 unspecified atom stereocenters. The van der Waals surface area contributed by atoms with Gasteiger partial charge in [0.05, 0.1) is 6.04 Å². The number of aromatic amines is 1. The molecule has 0 fully saturated rings. The summed E-state index contributed by atoms with van der Waals surface area (Å²) < 4.78 is 13.2. The molecular weight excluding hydrogens is 243 g/mol. The lowest BCUT2D eigenvalue weighted by molar-refractivity contribution is 0.585. The van der Waals surface area contributed by atoms with Crippen LogP contribution in [0.15, 0.2) is 41.2 Å². The lowest BCUT2D eigenvalue weighted by Crippen LogP contribution is -2.21. The van der Waals surface area contributed by atoms with Crippen LogP contribution in [0.3, 0.4) is 0 Å². The van der Waals surface area contributed by atoms with Gasteiger partial charge >= 0.3 is 0 Å². The number of rotatable bonds is 2. The Morgan fingerprint density at radius 3 is 3.00 bits per heavy atom. The van der Waals surface area contributed by atoms with Gasteiger partial charge in [-0.1, -0.05) is 6.07 Å². The van der Waals surface area contributed by atoms with Crippen molar-refractivity contribution < 1.29 is 4.39 Å². The van der Waals surface area contributed by atoms with Crippen LogP contribution in [0.5, 0.6) is 0 Å². The Morgan fingerprint density at radius 1 is 1.26 bits per heavy atom. The lowest BCUT2D eigenvalue weighted by Gasteiger charge is -2.26. The Kier molecular flexibility index (Phi) is 3.07. The molecule has 2 N–H and O–H groups in total. The lowest BCUT2D eigenvalue weighted by atomic mass is 9.91. The molecule has 2 aromatic rings. The Hall–Kier alpha value is -2.10. The standard InChI is InChI=1S/C15H15FN2O/c16-10-3-1-4-11(9-10)17-13-5-2-6-14-12(13)7-8-15(19)18-14/h1,3-4,7-9,13,17H,2,5-6H2,(H,18,19). The first kappa shape index (κ1) is 12.0. The van der Waals surface area contributed by atoms with Gasteiger partial charge in [0, 0.05) is 17.4 Å². The van der Waals surface area contributed by atoms with Crippen molar-refractivity contribution in [1.82, 2.24) is 4.98 Å². The fourth-order valence-electron chi connectivity index (χ4n) is 2.63. The average molecular weight is 258 g/mol. The zero-order valence-electron chi connectivity index (χ0n) is 10.4. The minimum atomic E-state index is -0.248. The topological polar surface area (TPSA) is 44.9 Å². The number of hydrogen-bond donors (Lipinski definition) is 2. The van der Waals surface area contributed by atoms with Crippen molar-refractivity contribution in [1.29, 1.82) is 0 Å². The second-order valence-electron chi connectivity index (χ2n) is 4.86. The van der Waals surface area contributed by atoms with Crippen molar-refractivity contribution in [3.63, 3.8) is 0 Å². The van der Waals surface area contributed by atoms with Gasteiger partial charge in [0.25, 0.3) is 0 Å². The van der Waals surface area contributed by atoms with Gasteiger partial charge in [-0.15, -0.1) is 0 Å². The molecule has 1 aromatic carbocycles. The van der Waals surface area contributed by atoms with Crippen molar-refractivity contribution in [2.75, 3.05) is 5.32 Å². The smallest absolute Gasteiger partial charge is 0.248 e. The highest BCUT2D eigenvalue weighted by Crippen LogP contribution is 2.30. The normalized spacial score (nSPS) is 17.8. The van der Waals surface area contributed by atoms with Gasteiger partial charge in [-0.2, -0.15) is 0 Å². The number of aryl methyl sites for hydroxylation is 1. The van der Waals surface area contributed by atoms with E-state index in [0.717, 1.165) is 36.2 Å². The van der Waals surface area contributed by atoms with E-state index in [0.29, 0.717) is 0 Å². The monoisotopic (exact) mass is 258 g/mol. The maximum absolute atomic E-state index is 13.2. The van der Waals surface area contributed by atoms with Gasteiger partial charge in [0.2, 0.25) is 5.56 Å². The predicted molar refractivity (Wildman–Crippen MR) is 72.8 cm³/mol. The molecule has 1 aromatic heterocycles. The van der Waals surface area contributed by atoms with E-state index in [1.54, 1.807) is 12.1 Å². The van der Waals surface area contributed by atoms with Crippen LogP contribution in [-0.2, 0) is 6.42 Å². The van der Waals surface area contributed by atoms with Crippen molar-refractivity contribution in [2.24, 2.45) is 0 Å². The van der Waals surface area contributed by atoms with E-state index in [-0.39, 0.29) is 17.4 Å². The molecule has 1 heterocycles. The molecule has 3 nitrogen and oxygen atoms in total. The average Bonchev–Trinajstić information content (AvgIpc) is 2.38. The summed E-state index contributed by atoms with van der Waals surface area (Å²) >= 11 is 0. The molecule has 0 saturated heterocycles. The fraction of sp³-hybridized carbons (Fsp3) is 0.267.